The average Bonchev–Trinajstić information content (AvgIpc) is 3.00. The maximum Gasteiger partial charge on any atom is 0.113 e. The van der Waals surface area contributed by atoms with Crippen molar-refractivity contribution in [2.24, 2.45) is 5.41 Å². The lowest BCUT2D eigenvalue weighted by atomic mass is 10.0. The molecule has 4 nitrogen and oxygen atoms in total. The minimum absolute atomic E-state index is 0.128. The number of aryl methyl sites for hydroxylation is 1. The Hall–Kier alpha value is -1.86. The van der Waals surface area contributed by atoms with Gasteiger partial charge in [0.05, 0.1) is 12.3 Å². The maximum absolute atomic E-state index is 8.86. The zero-order chi connectivity index (χ0) is 14.2. The third-order valence-corrected chi connectivity index (χ3v) is 4.16. The molecule has 102 valence electrons. The monoisotopic (exact) mass is 286 g/mol. The summed E-state index contributed by atoms with van der Waals surface area (Å²) in [6.07, 6.45) is 4.74. The number of aromatic nitrogens is 3. The molecule has 0 aliphatic heterocycles. The van der Waals surface area contributed by atoms with Crippen LogP contribution in [0.1, 0.15) is 24.8 Å². The molecule has 3 rings (SSSR count). The summed E-state index contributed by atoms with van der Waals surface area (Å²) in [5.74, 6) is 0. The quantitative estimate of drug-likeness (QED) is 0.863. The normalized spacial score (nSPS) is 15.8. The van der Waals surface area contributed by atoms with E-state index in [0.717, 1.165) is 36.2 Å². The van der Waals surface area contributed by atoms with E-state index in [0.29, 0.717) is 11.4 Å². The number of nitriles is 1. The number of nitrogens with zero attached hydrogens (tertiary/aromatic N) is 4. The molecule has 1 aromatic heterocycles. The van der Waals surface area contributed by atoms with Crippen LogP contribution < -0.4 is 0 Å². The molecule has 0 atom stereocenters. The highest BCUT2D eigenvalue weighted by Crippen LogP contribution is 2.49. The molecular formula is C15H15ClN4. The van der Waals surface area contributed by atoms with Crippen LogP contribution in [0.3, 0.4) is 0 Å². The summed E-state index contributed by atoms with van der Waals surface area (Å²) in [6, 6.07) is 8.03. The second-order valence-electron chi connectivity index (χ2n) is 5.60. The van der Waals surface area contributed by atoms with Crippen LogP contribution in [0.2, 0.25) is 5.02 Å². The maximum atomic E-state index is 8.86. The van der Waals surface area contributed by atoms with Crippen LogP contribution in [0.4, 0.5) is 0 Å². The zero-order valence-electron chi connectivity index (χ0n) is 11.3. The van der Waals surface area contributed by atoms with E-state index in [4.69, 9.17) is 16.9 Å². The average molecular weight is 287 g/mol. The molecular weight excluding hydrogens is 272 g/mol. The van der Waals surface area contributed by atoms with Crippen molar-refractivity contribution in [1.29, 1.82) is 5.26 Å². The van der Waals surface area contributed by atoms with Gasteiger partial charge >= 0.3 is 0 Å². The largest absolute Gasteiger partial charge is 0.251 e. The van der Waals surface area contributed by atoms with Gasteiger partial charge in [-0.3, -0.25) is 4.68 Å². The highest BCUT2D eigenvalue weighted by molar-refractivity contribution is 6.30. The van der Waals surface area contributed by atoms with Crippen LogP contribution in [0.15, 0.2) is 24.4 Å². The predicted octanol–water partition coefficient (Wildman–Crippen LogP) is 3.60. The molecule has 20 heavy (non-hydrogen) atoms. The first-order valence-corrected chi connectivity index (χ1v) is 7.03. The minimum atomic E-state index is 0.128. The first-order chi connectivity index (χ1) is 9.62. The molecule has 0 N–H and O–H groups in total. The van der Waals surface area contributed by atoms with E-state index >= 15 is 0 Å². The Morgan fingerprint density at radius 1 is 1.45 bits per heavy atom. The first kappa shape index (κ1) is 13.1. The van der Waals surface area contributed by atoms with Gasteiger partial charge in [-0.15, -0.1) is 5.10 Å². The minimum Gasteiger partial charge on any atom is -0.251 e. The first-order valence-electron chi connectivity index (χ1n) is 6.66. The molecule has 1 heterocycles. The molecule has 0 bridgehead atoms. The van der Waals surface area contributed by atoms with E-state index in [2.05, 4.69) is 16.4 Å². The number of rotatable bonds is 4. The van der Waals surface area contributed by atoms with Gasteiger partial charge in [0.15, 0.2) is 0 Å². The topological polar surface area (TPSA) is 54.5 Å². The Bertz CT molecular complexity index is 679. The second-order valence-corrected chi connectivity index (χ2v) is 6.03. The van der Waals surface area contributed by atoms with Crippen molar-refractivity contribution in [3.63, 3.8) is 0 Å². The van der Waals surface area contributed by atoms with Crippen LogP contribution in [-0.4, -0.2) is 15.0 Å². The summed E-state index contributed by atoms with van der Waals surface area (Å²) >= 11 is 6.04. The Morgan fingerprint density at radius 2 is 2.25 bits per heavy atom. The predicted molar refractivity (Wildman–Crippen MR) is 77.1 cm³/mol. The van der Waals surface area contributed by atoms with Crippen LogP contribution in [0.25, 0.3) is 11.3 Å². The van der Waals surface area contributed by atoms with Gasteiger partial charge in [-0.25, -0.2) is 0 Å². The number of benzene rings is 1. The van der Waals surface area contributed by atoms with Gasteiger partial charge in [-0.1, -0.05) is 22.9 Å². The molecule has 2 aromatic rings. The van der Waals surface area contributed by atoms with Gasteiger partial charge in [0, 0.05) is 29.0 Å². The molecule has 0 unspecified atom stereocenters. The van der Waals surface area contributed by atoms with Gasteiger partial charge in [0.2, 0.25) is 0 Å². The molecule has 1 aliphatic rings. The van der Waals surface area contributed by atoms with Crippen molar-refractivity contribution in [3.8, 4) is 17.3 Å². The Morgan fingerprint density at radius 3 is 2.95 bits per heavy atom. The third kappa shape index (κ3) is 2.54. The van der Waals surface area contributed by atoms with Crippen molar-refractivity contribution in [1.82, 2.24) is 15.0 Å². The van der Waals surface area contributed by atoms with Gasteiger partial charge in [-0.05, 0) is 37.5 Å². The summed E-state index contributed by atoms with van der Waals surface area (Å²) in [6.45, 7) is 2.80. The lowest BCUT2D eigenvalue weighted by molar-refractivity contribution is 0.398. The fraction of sp³-hybridized carbons (Fsp3) is 0.400. The molecule has 1 aliphatic carbocycles. The van der Waals surface area contributed by atoms with E-state index in [1.54, 1.807) is 0 Å². The summed E-state index contributed by atoms with van der Waals surface area (Å²) in [4.78, 5) is 0. The molecule has 0 amide bonds. The highest BCUT2D eigenvalue weighted by Gasteiger charge is 2.43. The summed E-state index contributed by atoms with van der Waals surface area (Å²) < 4.78 is 1.85. The van der Waals surface area contributed by atoms with Crippen LogP contribution in [-0.2, 0) is 6.54 Å². The number of halogens is 1. The van der Waals surface area contributed by atoms with Crippen LogP contribution >= 0.6 is 11.6 Å². The van der Waals surface area contributed by atoms with Gasteiger partial charge in [-0.2, -0.15) is 5.26 Å². The summed E-state index contributed by atoms with van der Waals surface area (Å²) in [5, 5.41) is 18.0. The van der Waals surface area contributed by atoms with Crippen LogP contribution in [0.5, 0.6) is 0 Å². The molecule has 1 saturated carbocycles. The fourth-order valence-electron chi connectivity index (χ4n) is 2.45. The molecule has 0 saturated heterocycles. The van der Waals surface area contributed by atoms with E-state index in [-0.39, 0.29) is 5.41 Å². The van der Waals surface area contributed by atoms with Crippen molar-refractivity contribution in [2.75, 3.05) is 0 Å². The van der Waals surface area contributed by atoms with Crippen molar-refractivity contribution in [3.05, 3.63) is 35.0 Å². The van der Waals surface area contributed by atoms with Crippen molar-refractivity contribution < 1.29 is 0 Å². The van der Waals surface area contributed by atoms with E-state index in [1.807, 2.05) is 36.0 Å². The van der Waals surface area contributed by atoms with Gasteiger partial charge in [0.1, 0.15) is 5.69 Å². The lowest BCUT2D eigenvalue weighted by Gasteiger charge is -2.09. The zero-order valence-corrected chi connectivity index (χ0v) is 12.1. The number of hydrogen-bond acceptors (Lipinski definition) is 3. The Labute approximate surface area is 123 Å². The molecule has 1 aromatic carbocycles. The third-order valence-electron chi connectivity index (χ3n) is 3.92. The van der Waals surface area contributed by atoms with E-state index in [1.165, 1.54) is 0 Å². The Balaban J connectivity index is 1.84. The molecule has 0 radical (unpaired) electrons. The highest BCUT2D eigenvalue weighted by atomic mass is 35.5. The SMILES string of the molecule is Cc1ccc(Cl)cc1-c1cn(CC2(CC#N)CC2)nn1. The lowest BCUT2D eigenvalue weighted by Crippen LogP contribution is -2.11. The van der Waals surface area contributed by atoms with E-state index in [9.17, 15) is 0 Å². The Kier molecular flexibility index (Phi) is 3.23. The molecule has 1 fully saturated rings. The van der Waals surface area contributed by atoms with Gasteiger partial charge in [0.25, 0.3) is 0 Å². The van der Waals surface area contributed by atoms with Gasteiger partial charge < -0.3 is 0 Å². The van der Waals surface area contributed by atoms with Crippen molar-refractivity contribution >= 4 is 11.6 Å². The van der Waals surface area contributed by atoms with E-state index < -0.39 is 0 Å². The summed E-state index contributed by atoms with van der Waals surface area (Å²) in [5.41, 5.74) is 3.09. The smallest absolute Gasteiger partial charge is 0.113 e. The molecule has 0 spiro atoms. The molecule has 5 heteroatoms. The summed E-state index contributed by atoms with van der Waals surface area (Å²) in [7, 11) is 0. The second kappa shape index (κ2) is 4.92. The van der Waals surface area contributed by atoms with Crippen molar-refractivity contribution in [2.45, 2.75) is 32.7 Å². The van der Waals surface area contributed by atoms with Crippen LogP contribution in [0, 0.1) is 23.7 Å². The standard InChI is InChI=1S/C15H15ClN4/c1-11-2-3-12(16)8-13(11)14-9-20(19-18-14)10-15(4-5-15)6-7-17/h2-3,8-9H,4-6,10H2,1H3. The number of hydrogen-bond donors (Lipinski definition) is 0. The fourth-order valence-corrected chi connectivity index (χ4v) is 2.62.